The SMILES string of the molecule is COc1cccc2ncn(Cc3cn4ccccc4n3)c(=O)c12. The molecule has 0 unspecified atom stereocenters. The van der Waals surface area contributed by atoms with Gasteiger partial charge in [-0.1, -0.05) is 12.1 Å². The van der Waals surface area contributed by atoms with E-state index in [4.69, 9.17) is 4.74 Å². The second-order valence-electron chi connectivity index (χ2n) is 5.23. The number of hydrogen-bond acceptors (Lipinski definition) is 4. The molecule has 3 aromatic heterocycles. The maximum Gasteiger partial charge on any atom is 0.265 e. The number of pyridine rings is 1. The van der Waals surface area contributed by atoms with Crippen LogP contribution >= 0.6 is 0 Å². The maximum absolute atomic E-state index is 12.7. The van der Waals surface area contributed by atoms with Gasteiger partial charge >= 0.3 is 0 Å². The molecule has 0 saturated carbocycles. The van der Waals surface area contributed by atoms with E-state index in [0.29, 0.717) is 23.2 Å². The zero-order valence-electron chi connectivity index (χ0n) is 12.5. The van der Waals surface area contributed by atoms with Crippen LogP contribution in [0.5, 0.6) is 5.75 Å². The van der Waals surface area contributed by atoms with E-state index in [-0.39, 0.29) is 5.56 Å². The fourth-order valence-electron chi connectivity index (χ4n) is 2.69. The Balaban J connectivity index is 1.82. The summed E-state index contributed by atoms with van der Waals surface area (Å²) in [4.78, 5) is 21.6. The minimum absolute atomic E-state index is 0.135. The molecule has 3 heterocycles. The molecule has 0 fully saturated rings. The maximum atomic E-state index is 12.7. The first-order valence-electron chi connectivity index (χ1n) is 7.21. The van der Waals surface area contributed by atoms with Crippen LogP contribution in [0.3, 0.4) is 0 Å². The van der Waals surface area contributed by atoms with E-state index in [2.05, 4.69) is 9.97 Å². The van der Waals surface area contributed by atoms with Gasteiger partial charge in [0.25, 0.3) is 5.56 Å². The molecule has 0 saturated heterocycles. The number of methoxy groups -OCH3 is 1. The fraction of sp³-hybridized carbons (Fsp3) is 0.118. The van der Waals surface area contributed by atoms with E-state index in [1.807, 2.05) is 41.1 Å². The zero-order chi connectivity index (χ0) is 15.8. The van der Waals surface area contributed by atoms with E-state index in [9.17, 15) is 4.79 Å². The number of imidazole rings is 1. The lowest BCUT2D eigenvalue weighted by Crippen LogP contribution is -2.21. The molecule has 4 aromatic rings. The third-order valence-electron chi connectivity index (χ3n) is 3.78. The summed E-state index contributed by atoms with van der Waals surface area (Å²) in [7, 11) is 1.55. The normalized spacial score (nSPS) is 11.2. The van der Waals surface area contributed by atoms with Gasteiger partial charge in [0.15, 0.2) is 0 Å². The minimum Gasteiger partial charge on any atom is -0.496 e. The lowest BCUT2D eigenvalue weighted by atomic mass is 10.2. The molecule has 0 bridgehead atoms. The molecule has 0 radical (unpaired) electrons. The molecule has 0 aliphatic carbocycles. The van der Waals surface area contributed by atoms with Crippen molar-refractivity contribution in [3.05, 3.63) is 71.2 Å². The van der Waals surface area contributed by atoms with Crippen LogP contribution in [0.1, 0.15) is 5.69 Å². The second kappa shape index (κ2) is 5.24. The summed E-state index contributed by atoms with van der Waals surface area (Å²) in [5, 5.41) is 0.487. The molecule has 1 aromatic carbocycles. The molecule has 0 N–H and O–H groups in total. The van der Waals surface area contributed by atoms with Crippen molar-refractivity contribution in [3.63, 3.8) is 0 Å². The van der Waals surface area contributed by atoms with E-state index < -0.39 is 0 Å². The van der Waals surface area contributed by atoms with Gasteiger partial charge in [-0.3, -0.25) is 9.36 Å². The molecule has 6 heteroatoms. The number of hydrogen-bond donors (Lipinski definition) is 0. The van der Waals surface area contributed by atoms with E-state index in [0.717, 1.165) is 11.3 Å². The first-order valence-corrected chi connectivity index (χ1v) is 7.21. The Kier molecular flexibility index (Phi) is 3.08. The van der Waals surface area contributed by atoms with Crippen molar-refractivity contribution in [3.8, 4) is 5.75 Å². The van der Waals surface area contributed by atoms with Crippen molar-refractivity contribution >= 4 is 16.6 Å². The number of benzene rings is 1. The van der Waals surface area contributed by atoms with Gasteiger partial charge in [0.05, 0.1) is 31.2 Å². The summed E-state index contributed by atoms with van der Waals surface area (Å²) in [6.07, 6.45) is 5.39. The van der Waals surface area contributed by atoms with Crippen molar-refractivity contribution in [1.82, 2.24) is 18.9 Å². The Morgan fingerprint density at radius 3 is 2.91 bits per heavy atom. The Hall–Kier alpha value is -3.15. The quantitative estimate of drug-likeness (QED) is 0.581. The molecule has 23 heavy (non-hydrogen) atoms. The van der Waals surface area contributed by atoms with Crippen molar-refractivity contribution in [2.75, 3.05) is 7.11 Å². The number of aromatic nitrogens is 4. The lowest BCUT2D eigenvalue weighted by molar-refractivity contribution is 0.419. The van der Waals surface area contributed by atoms with Crippen LogP contribution in [0.15, 0.2) is 59.9 Å². The number of ether oxygens (including phenoxy) is 1. The van der Waals surface area contributed by atoms with Gasteiger partial charge < -0.3 is 9.14 Å². The molecule has 4 rings (SSSR count). The van der Waals surface area contributed by atoms with Gasteiger partial charge in [0.2, 0.25) is 0 Å². The summed E-state index contributed by atoms with van der Waals surface area (Å²) in [6, 6.07) is 11.2. The Labute approximate surface area is 131 Å². The van der Waals surface area contributed by atoms with Gasteiger partial charge in [-0.05, 0) is 24.3 Å². The Bertz CT molecular complexity index is 1030. The highest BCUT2D eigenvalue weighted by Crippen LogP contribution is 2.20. The molecule has 0 aliphatic heterocycles. The molecule has 0 amide bonds. The third kappa shape index (κ3) is 2.24. The molecule has 0 spiro atoms. The zero-order valence-corrected chi connectivity index (χ0v) is 12.5. The van der Waals surface area contributed by atoms with Crippen LogP contribution in [-0.4, -0.2) is 26.0 Å². The highest BCUT2D eigenvalue weighted by atomic mass is 16.5. The third-order valence-corrected chi connectivity index (χ3v) is 3.78. The van der Waals surface area contributed by atoms with Crippen LogP contribution in [0.2, 0.25) is 0 Å². The van der Waals surface area contributed by atoms with Crippen LogP contribution in [0.25, 0.3) is 16.6 Å². The van der Waals surface area contributed by atoms with Crippen LogP contribution in [-0.2, 0) is 6.54 Å². The fourth-order valence-corrected chi connectivity index (χ4v) is 2.69. The first kappa shape index (κ1) is 13.5. The predicted molar refractivity (Wildman–Crippen MR) is 86.8 cm³/mol. The molecular formula is C17H14N4O2. The van der Waals surface area contributed by atoms with Crippen LogP contribution < -0.4 is 10.3 Å². The molecular weight excluding hydrogens is 292 g/mol. The lowest BCUT2D eigenvalue weighted by Gasteiger charge is -2.07. The predicted octanol–water partition coefficient (Wildman–Crippen LogP) is 2.10. The smallest absolute Gasteiger partial charge is 0.265 e. The van der Waals surface area contributed by atoms with Crippen molar-refractivity contribution in [1.29, 1.82) is 0 Å². The van der Waals surface area contributed by atoms with Crippen LogP contribution in [0, 0.1) is 0 Å². The average Bonchev–Trinajstić information content (AvgIpc) is 2.99. The summed E-state index contributed by atoms with van der Waals surface area (Å²) in [5.41, 5.74) is 2.14. The van der Waals surface area contributed by atoms with Crippen molar-refractivity contribution in [2.45, 2.75) is 6.54 Å². The van der Waals surface area contributed by atoms with Gasteiger partial charge in [-0.15, -0.1) is 0 Å². The minimum atomic E-state index is -0.135. The highest BCUT2D eigenvalue weighted by molar-refractivity contribution is 5.83. The molecule has 0 atom stereocenters. The summed E-state index contributed by atoms with van der Waals surface area (Å²) < 4.78 is 8.76. The largest absolute Gasteiger partial charge is 0.496 e. The topological polar surface area (TPSA) is 61.4 Å². The van der Waals surface area contributed by atoms with Gasteiger partial charge in [0, 0.05) is 12.4 Å². The molecule has 114 valence electrons. The van der Waals surface area contributed by atoms with E-state index >= 15 is 0 Å². The van der Waals surface area contributed by atoms with Crippen LogP contribution in [0.4, 0.5) is 0 Å². The van der Waals surface area contributed by atoms with Gasteiger partial charge in [-0.2, -0.15) is 0 Å². The first-order chi connectivity index (χ1) is 11.3. The van der Waals surface area contributed by atoms with E-state index in [1.165, 1.54) is 0 Å². The van der Waals surface area contributed by atoms with Crippen molar-refractivity contribution < 1.29 is 4.74 Å². The summed E-state index contributed by atoms with van der Waals surface area (Å²) in [5.74, 6) is 0.532. The van der Waals surface area contributed by atoms with Gasteiger partial charge in [-0.25, -0.2) is 9.97 Å². The average molecular weight is 306 g/mol. The number of rotatable bonds is 3. The number of fused-ring (bicyclic) bond motifs is 2. The monoisotopic (exact) mass is 306 g/mol. The van der Waals surface area contributed by atoms with Crippen molar-refractivity contribution in [2.24, 2.45) is 0 Å². The number of nitrogens with zero attached hydrogens (tertiary/aromatic N) is 4. The molecule has 6 nitrogen and oxygen atoms in total. The highest BCUT2D eigenvalue weighted by Gasteiger charge is 2.10. The molecule has 0 aliphatic rings. The summed E-state index contributed by atoms with van der Waals surface area (Å²) >= 11 is 0. The van der Waals surface area contributed by atoms with Gasteiger partial charge in [0.1, 0.15) is 16.8 Å². The summed E-state index contributed by atoms with van der Waals surface area (Å²) in [6.45, 7) is 0.363. The standard InChI is InChI=1S/C17H14N4O2/c1-23-14-6-4-5-13-16(14)17(22)21(11-18-13)10-12-9-20-8-3-2-7-15(20)19-12/h2-9,11H,10H2,1H3. The van der Waals surface area contributed by atoms with E-state index in [1.54, 1.807) is 30.1 Å². The Morgan fingerprint density at radius 2 is 2.09 bits per heavy atom. The second-order valence-corrected chi connectivity index (χ2v) is 5.23. The Morgan fingerprint density at radius 1 is 1.17 bits per heavy atom.